The molecule has 0 radical (unpaired) electrons. The van der Waals surface area contributed by atoms with Crippen LogP contribution in [-0.2, 0) is 5.41 Å². The van der Waals surface area contributed by atoms with E-state index in [-0.39, 0.29) is 17.1 Å². The number of carbonyl (C=O) groups excluding carboxylic acids is 1. The van der Waals surface area contributed by atoms with Gasteiger partial charge in [-0.2, -0.15) is 5.10 Å². The van der Waals surface area contributed by atoms with Crippen LogP contribution in [0.3, 0.4) is 0 Å². The minimum Gasteiger partial charge on any atom is -0.507 e. The van der Waals surface area contributed by atoms with Gasteiger partial charge in [-0.25, -0.2) is 5.43 Å². The number of hydrogen-bond donors (Lipinski definition) is 2. The summed E-state index contributed by atoms with van der Waals surface area (Å²) in [6.07, 6.45) is 0. The molecule has 0 spiro atoms. The van der Waals surface area contributed by atoms with Crippen molar-refractivity contribution in [2.75, 3.05) is 0 Å². The van der Waals surface area contributed by atoms with Gasteiger partial charge in [0.05, 0.1) is 5.71 Å². The molecule has 4 nitrogen and oxygen atoms in total. The molecule has 120 valence electrons. The van der Waals surface area contributed by atoms with Crippen molar-refractivity contribution in [3.63, 3.8) is 0 Å². The van der Waals surface area contributed by atoms with Crippen molar-refractivity contribution in [1.82, 2.24) is 5.43 Å². The number of rotatable bonds is 3. The van der Waals surface area contributed by atoms with Gasteiger partial charge in [0.15, 0.2) is 0 Å². The lowest BCUT2D eigenvalue weighted by molar-refractivity contribution is 0.0954. The average molecular weight is 310 g/mol. The van der Waals surface area contributed by atoms with Crippen LogP contribution >= 0.6 is 0 Å². The third-order valence-corrected chi connectivity index (χ3v) is 3.63. The summed E-state index contributed by atoms with van der Waals surface area (Å²) >= 11 is 0. The topological polar surface area (TPSA) is 61.7 Å². The fraction of sp³-hybridized carbons (Fsp3) is 0.263. The van der Waals surface area contributed by atoms with Gasteiger partial charge in [0, 0.05) is 11.1 Å². The molecule has 0 fully saturated rings. The van der Waals surface area contributed by atoms with E-state index in [2.05, 4.69) is 31.3 Å². The van der Waals surface area contributed by atoms with Crippen molar-refractivity contribution in [2.24, 2.45) is 5.10 Å². The lowest BCUT2D eigenvalue weighted by Gasteiger charge is -2.18. The van der Waals surface area contributed by atoms with Crippen molar-refractivity contribution < 1.29 is 9.90 Å². The van der Waals surface area contributed by atoms with E-state index in [0.717, 1.165) is 0 Å². The van der Waals surface area contributed by atoms with E-state index in [9.17, 15) is 9.90 Å². The SMILES string of the molecule is CC(=NNC(=O)c1ccc(C(C)(C)C)cc1)c1ccccc1O. The Kier molecular flexibility index (Phi) is 4.84. The second-order valence-corrected chi connectivity index (χ2v) is 6.48. The van der Waals surface area contributed by atoms with Gasteiger partial charge in [0.1, 0.15) is 5.75 Å². The molecule has 2 N–H and O–H groups in total. The molecule has 2 aromatic carbocycles. The number of para-hydroxylation sites is 1. The number of hydrazone groups is 1. The van der Waals surface area contributed by atoms with E-state index < -0.39 is 0 Å². The highest BCUT2D eigenvalue weighted by Crippen LogP contribution is 2.22. The monoisotopic (exact) mass is 310 g/mol. The summed E-state index contributed by atoms with van der Waals surface area (Å²) in [5.41, 5.74) is 5.43. The highest BCUT2D eigenvalue weighted by atomic mass is 16.3. The standard InChI is InChI=1S/C19H22N2O2/c1-13(16-7-5-6-8-17(16)22)20-21-18(23)14-9-11-15(12-10-14)19(2,3)4/h5-12,22H,1-4H3,(H,21,23). The van der Waals surface area contributed by atoms with Crippen LogP contribution in [0.15, 0.2) is 53.6 Å². The van der Waals surface area contributed by atoms with E-state index in [1.54, 1.807) is 43.3 Å². The smallest absolute Gasteiger partial charge is 0.271 e. The second kappa shape index (κ2) is 6.65. The van der Waals surface area contributed by atoms with Gasteiger partial charge >= 0.3 is 0 Å². The minimum absolute atomic E-state index is 0.0502. The van der Waals surface area contributed by atoms with Crippen LogP contribution in [-0.4, -0.2) is 16.7 Å². The molecule has 0 atom stereocenters. The zero-order valence-corrected chi connectivity index (χ0v) is 13.9. The van der Waals surface area contributed by atoms with Gasteiger partial charge < -0.3 is 5.11 Å². The average Bonchev–Trinajstić information content (AvgIpc) is 2.52. The Morgan fingerprint density at radius 2 is 1.65 bits per heavy atom. The van der Waals surface area contributed by atoms with Gasteiger partial charge in [-0.15, -0.1) is 0 Å². The number of nitrogens with one attached hydrogen (secondary N) is 1. The maximum absolute atomic E-state index is 12.1. The van der Waals surface area contributed by atoms with Crippen LogP contribution in [0.25, 0.3) is 0 Å². The molecule has 0 heterocycles. The van der Waals surface area contributed by atoms with E-state index in [4.69, 9.17) is 0 Å². The van der Waals surface area contributed by atoms with Gasteiger partial charge in [0.25, 0.3) is 5.91 Å². The normalized spacial score (nSPS) is 12.1. The fourth-order valence-corrected chi connectivity index (χ4v) is 2.16. The maximum Gasteiger partial charge on any atom is 0.271 e. The molecule has 0 saturated heterocycles. The summed E-state index contributed by atoms with van der Waals surface area (Å²) in [6.45, 7) is 8.12. The first-order valence-electron chi connectivity index (χ1n) is 7.52. The van der Waals surface area contributed by atoms with Gasteiger partial charge in [0.2, 0.25) is 0 Å². The van der Waals surface area contributed by atoms with E-state index in [0.29, 0.717) is 16.8 Å². The molecule has 2 rings (SSSR count). The van der Waals surface area contributed by atoms with E-state index >= 15 is 0 Å². The number of amides is 1. The minimum atomic E-state index is -0.278. The predicted molar refractivity (Wildman–Crippen MR) is 92.9 cm³/mol. The third-order valence-electron chi connectivity index (χ3n) is 3.63. The molecule has 23 heavy (non-hydrogen) atoms. The first-order valence-corrected chi connectivity index (χ1v) is 7.52. The zero-order chi connectivity index (χ0) is 17.0. The maximum atomic E-state index is 12.1. The van der Waals surface area contributed by atoms with E-state index in [1.165, 1.54) is 5.56 Å². The highest BCUT2D eigenvalue weighted by Gasteiger charge is 2.14. The molecule has 4 heteroatoms. The second-order valence-electron chi connectivity index (χ2n) is 6.48. The Morgan fingerprint density at radius 3 is 2.22 bits per heavy atom. The molecule has 0 aliphatic rings. The number of phenols is 1. The molecule has 0 unspecified atom stereocenters. The van der Waals surface area contributed by atoms with Crippen molar-refractivity contribution in [3.05, 3.63) is 65.2 Å². The third kappa shape index (κ3) is 4.19. The van der Waals surface area contributed by atoms with Crippen molar-refractivity contribution >= 4 is 11.6 Å². The van der Waals surface area contributed by atoms with Crippen molar-refractivity contribution in [1.29, 1.82) is 0 Å². The molecule has 2 aromatic rings. The molecular formula is C19H22N2O2. The fourth-order valence-electron chi connectivity index (χ4n) is 2.16. The van der Waals surface area contributed by atoms with Crippen molar-refractivity contribution in [2.45, 2.75) is 33.1 Å². The molecule has 0 saturated carbocycles. The van der Waals surface area contributed by atoms with Gasteiger partial charge in [-0.05, 0) is 42.2 Å². The summed E-state index contributed by atoms with van der Waals surface area (Å²) in [5.74, 6) is -0.141. The Bertz CT molecular complexity index is 726. The van der Waals surface area contributed by atoms with E-state index in [1.807, 2.05) is 12.1 Å². The Morgan fingerprint density at radius 1 is 1.04 bits per heavy atom. The lowest BCUT2D eigenvalue weighted by atomic mass is 9.87. The number of aromatic hydroxyl groups is 1. The van der Waals surface area contributed by atoms with Crippen LogP contribution in [0.5, 0.6) is 5.75 Å². The Hall–Kier alpha value is -2.62. The predicted octanol–water partition coefficient (Wildman–Crippen LogP) is 3.84. The summed E-state index contributed by atoms with van der Waals surface area (Å²) in [7, 11) is 0. The molecule has 0 aromatic heterocycles. The molecule has 0 bridgehead atoms. The number of hydrogen-bond acceptors (Lipinski definition) is 3. The molecule has 1 amide bonds. The summed E-state index contributed by atoms with van der Waals surface area (Å²) in [6, 6.07) is 14.4. The van der Waals surface area contributed by atoms with Crippen LogP contribution in [0.4, 0.5) is 0 Å². The number of benzene rings is 2. The van der Waals surface area contributed by atoms with Crippen molar-refractivity contribution in [3.8, 4) is 5.75 Å². The molecular weight excluding hydrogens is 288 g/mol. The molecule has 0 aliphatic carbocycles. The Labute approximate surface area is 136 Å². The summed E-state index contributed by atoms with van der Waals surface area (Å²) < 4.78 is 0. The zero-order valence-electron chi connectivity index (χ0n) is 13.9. The van der Waals surface area contributed by atoms with Crippen LogP contribution in [0.1, 0.15) is 49.2 Å². The lowest BCUT2D eigenvalue weighted by Crippen LogP contribution is -2.20. The highest BCUT2D eigenvalue weighted by molar-refractivity contribution is 6.02. The van der Waals surface area contributed by atoms with Crippen LogP contribution in [0, 0.1) is 0 Å². The number of carbonyl (C=O) groups is 1. The number of nitrogens with zero attached hydrogens (tertiary/aromatic N) is 1. The first kappa shape index (κ1) is 16.7. The van der Waals surface area contributed by atoms with Crippen LogP contribution < -0.4 is 5.43 Å². The number of phenolic OH excluding ortho intramolecular Hbond substituents is 1. The summed E-state index contributed by atoms with van der Waals surface area (Å²) in [4.78, 5) is 12.1. The van der Waals surface area contributed by atoms with Gasteiger partial charge in [-0.3, -0.25) is 4.79 Å². The van der Waals surface area contributed by atoms with Gasteiger partial charge in [-0.1, -0.05) is 45.0 Å². The first-order chi connectivity index (χ1) is 10.8. The Balaban J connectivity index is 2.10. The summed E-state index contributed by atoms with van der Waals surface area (Å²) in [5, 5.41) is 13.8. The molecule has 0 aliphatic heterocycles. The quantitative estimate of drug-likeness (QED) is 0.668. The largest absolute Gasteiger partial charge is 0.507 e. The van der Waals surface area contributed by atoms with Crippen LogP contribution in [0.2, 0.25) is 0 Å².